The predicted octanol–water partition coefficient (Wildman–Crippen LogP) is 0.993. The average molecular weight is 217 g/mol. The van der Waals surface area contributed by atoms with Gasteiger partial charge in [-0.15, -0.1) is 0 Å². The minimum Gasteiger partial charge on any atom is -0.399 e. The molecule has 1 unspecified atom stereocenters. The molecular weight excluding hydrogens is 202 g/mol. The van der Waals surface area contributed by atoms with Gasteiger partial charge in [0.25, 0.3) is 0 Å². The lowest BCUT2D eigenvalue weighted by molar-refractivity contribution is -0.00269. The van der Waals surface area contributed by atoms with E-state index in [0.29, 0.717) is 13.2 Å². The summed E-state index contributed by atoms with van der Waals surface area (Å²) >= 11 is 0. The summed E-state index contributed by atoms with van der Waals surface area (Å²) in [6.07, 6.45) is -0.289. The first kappa shape index (κ1) is 10.9. The molecule has 1 aliphatic heterocycles. The van der Waals surface area contributed by atoms with Crippen molar-refractivity contribution < 1.29 is 4.74 Å². The van der Waals surface area contributed by atoms with E-state index in [-0.39, 0.29) is 6.10 Å². The van der Waals surface area contributed by atoms with Crippen molar-refractivity contribution in [1.82, 2.24) is 4.90 Å². The Morgan fingerprint density at radius 3 is 2.88 bits per heavy atom. The Morgan fingerprint density at radius 1 is 1.44 bits per heavy atom. The lowest BCUT2D eigenvalue weighted by atomic mass is 10.2. The maximum Gasteiger partial charge on any atom is 0.156 e. The Hall–Kier alpha value is -1.57. The summed E-state index contributed by atoms with van der Waals surface area (Å²) in [7, 11) is 0. The second-order valence-corrected chi connectivity index (χ2v) is 3.97. The van der Waals surface area contributed by atoms with Gasteiger partial charge in [-0.3, -0.25) is 4.90 Å². The molecule has 4 nitrogen and oxygen atoms in total. The van der Waals surface area contributed by atoms with Crippen molar-refractivity contribution >= 4 is 5.69 Å². The standard InChI is InChI=1S/C12H15N3O/c13-7-12-9-15(5-6-16-12)8-10-1-3-11(14)4-2-10/h1-4,12H,5-6,8-9,14H2. The minimum absolute atomic E-state index is 0.289. The number of ether oxygens (including phenoxy) is 1. The predicted molar refractivity (Wildman–Crippen MR) is 61.5 cm³/mol. The Labute approximate surface area is 95.2 Å². The zero-order chi connectivity index (χ0) is 11.4. The van der Waals surface area contributed by atoms with Crippen LogP contribution in [0.1, 0.15) is 5.56 Å². The largest absolute Gasteiger partial charge is 0.399 e. The first-order valence-electron chi connectivity index (χ1n) is 5.36. The van der Waals surface area contributed by atoms with Gasteiger partial charge < -0.3 is 10.5 Å². The van der Waals surface area contributed by atoms with Gasteiger partial charge in [0, 0.05) is 25.3 Å². The highest BCUT2D eigenvalue weighted by molar-refractivity contribution is 5.39. The van der Waals surface area contributed by atoms with E-state index < -0.39 is 0 Å². The smallest absolute Gasteiger partial charge is 0.156 e. The van der Waals surface area contributed by atoms with E-state index in [1.54, 1.807) is 0 Å². The minimum atomic E-state index is -0.289. The first-order chi connectivity index (χ1) is 7.78. The van der Waals surface area contributed by atoms with Crippen LogP contribution >= 0.6 is 0 Å². The maximum absolute atomic E-state index is 8.79. The van der Waals surface area contributed by atoms with Gasteiger partial charge in [0.15, 0.2) is 6.10 Å². The molecule has 0 aliphatic carbocycles. The third-order valence-corrected chi connectivity index (χ3v) is 2.68. The lowest BCUT2D eigenvalue weighted by Gasteiger charge is -2.29. The number of anilines is 1. The van der Waals surface area contributed by atoms with Crippen LogP contribution in [0.5, 0.6) is 0 Å². The Morgan fingerprint density at radius 2 is 2.19 bits per heavy atom. The summed E-state index contributed by atoms with van der Waals surface area (Å²) in [6, 6.07) is 9.99. The second kappa shape index (κ2) is 4.97. The zero-order valence-corrected chi connectivity index (χ0v) is 9.10. The van der Waals surface area contributed by atoms with E-state index in [1.807, 2.05) is 24.3 Å². The third-order valence-electron chi connectivity index (χ3n) is 2.68. The number of hydrogen-bond donors (Lipinski definition) is 1. The van der Waals surface area contributed by atoms with Gasteiger partial charge in [-0.25, -0.2) is 0 Å². The topological polar surface area (TPSA) is 62.3 Å². The quantitative estimate of drug-likeness (QED) is 0.750. The Bertz CT molecular complexity index is 382. The second-order valence-electron chi connectivity index (χ2n) is 3.97. The lowest BCUT2D eigenvalue weighted by Crippen LogP contribution is -2.41. The first-order valence-corrected chi connectivity index (χ1v) is 5.36. The van der Waals surface area contributed by atoms with Crippen LogP contribution in [0.2, 0.25) is 0 Å². The van der Waals surface area contributed by atoms with E-state index in [4.69, 9.17) is 15.7 Å². The van der Waals surface area contributed by atoms with Gasteiger partial charge in [0.05, 0.1) is 12.7 Å². The van der Waals surface area contributed by atoms with Crippen molar-refractivity contribution in [1.29, 1.82) is 5.26 Å². The molecule has 1 saturated heterocycles. The molecule has 16 heavy (non-hydrogen) atoms. The molecule has 1 heterocycles. The van der Waals surface area contributed by atoms with Crippen molar-refractivity contribution in [2.75, 3.05) is 25.4 Å². The summed E-state index contributed by atoms with van der Waals surface area (Å²) in [5, 5.41) is 8.79. The summed E-state index contributed by atoms with van der Waals surface area (Å²) in [6.45, 7) is 3.04. The van der Waals surface area contributed by atoms with Gasteiger partial charge in [0.2, 0.25) is 0 Å². The van der Waals surface area contributed by atoms with Crippen molar-refractivity contribution in [3.8, 4) is 6.07 Å². The summed E-state index contributed by atoms with van der Waals surface area (Å²) in [5.74, 6) is 0. The summed E-state index contributed by atoms with van der Waals surface area (Å²) < 4.78 is 5.29. The molecule has 4 heteroatoms. The van der Waals surface area contributed by atoms with Crippen LogP contribution in [0.4, 0.5) is 5.69 Å². The van der Waals surface area contributed by atoms with Crippen LogP contribution in [-0.2, 0) is 11.3 Å². The number of benzene rings is 1. The van der Waals surface area contributed by atoms with Crippen molar-refractivity contribution in [2.45, 2.75) is 12.6 Å². The van der Waals surface area contributed by atoms with Crippen molar-refractivity contribution in [3.05, 3.63) is 29.8 Å². The summed E-state index contributed by atoms with van der Waals surface area (Å²) in [4.78, 5) is 2.23. The summed E-state index contributed by atoms with van der Waals surface area (Å²) in [5.41, 5.74) is 7.62. The molecule has 84 valence electrons. The Kier molecular flexibility index (Phi) is 3.40. The number of nitrogens with two attached hydrogens (primary N) is 1. The highest BCUT2D eigenvalue weighted by Gasteiger charge is 2.19. The molecule has 1 fully saturated rings. The average Bonchev–Trinajstić information content (AvgIpc) is 2.32. The molecule has 0 amide bonds. The molecule has 0 bridgehead atoms. The number of nitrogen functional groups attached to an aromatic ring is 1. The molecule has 1 aromatic rings. The highest BCUT2D eigenvalue weighted by Crippen LogP contribution is 2.11. The van der Waals surface area contributed by atoms with Crippen LogP contribution < -0.4 is 5.73 Å². The SMILES string of the molecule is N#CC1CN(Cc2ccc(N)cc2)CCO1. The van der Waals surface area contributed by atoms with Crippen LogP contribution in [0.3, 0.4) is 0 Å². The van der Waals surface area contributed by atoms with Crippen molar-refractivity contribution in [3.63, 3.8) is 0 Å². The van der Waals surface area contributed by atoms with Crippen molar-refractivity contribution in [2.24, 2.45) is 0 Å². The number of morpholine rings is 1. The van der Waals surface area contributed by atoms with Crippen LogP contribution in [0.25, 0.3) is 0 Å². The monoisotopic (exact) mass is 217 g/mol. The molecule has 0 aromatic heterocycles. The number of nitrogens with zero attached hydrogens (tertiary/aromatic N) is 2. The zero-order valence-electron chi connectivity index (χ0n) is 9.10. The molecule has 0 spiro atoms. The Balaban J connectivity index is 1.94. The van der Waals surface area contributed by atoms with Gasteiger partial charge in [-0.2, -0.15) is 5.26 Å². The maximum atomic E-state index is 8.79. The highest BCUT2D eigenvalue weighted by atomic mass is 16.5. The van der Waals surface area contributed by atoms with Crippen LogP contribution in [0.15, 0.2) is 24.3 Å². The van der Waals surface area contributed by atoms with E-state index in [2.05, 4.69) is 11.0 Å². The number of nitriles is 1. The van der Waals surface area contributed by atoms with E-state index >= 15 is 0 Å². The fourth-order valence-corrected chi connectivity index (χ4v) is 1.81. The molecule has 0 radical (unpaired) electrons. The fourth-order valence-electron chi connectivity index (χ4n) is 1.81. The molecule has 2 N–H and O–H groups in total. The fraction of sp³-hybridized carbons (Fsp3) is 0.417. The number of hydrogen-bond acceptors (Lipinski definition) is 4. The van der Waals surface area contributed by atoms with Crippen LogP contribution in [0, 0.1) is 11.3 Å². The number of rotatable bonds is 2. The molecule has 2 rings (SSSR count). The van der Waals surface area contributed by atoms with Crippen LogP contribution in [-0.4, -0.2) is 30.7 Å². The van der Waals surface area contributed by atoms with E-state index in [9.17, 15) is 0 Å². The molecule has 1 aromatic carbocycles. The van der Waals surface area contributed by atoms with Gasteiger partial charge >= 0.3 is 0 Å². The van der Waals surface area contributed by atoms with Gasteiger partial charge in [-0.05, 0) is 17.7 Å². The normalized spacial score (nSPS) is 21.6. The third kappa shape index (κ3) is 2.72. The van der Waals surface area contributed by atoms with Gasteiger partial charge in [0.1, 0.15) is 0 Å². The molecular formula is C12H15N3O. The molecule has 0 saturated carbocycles. The van der Waals surface area contributed by atoms with E-state index in [0.717, 1.165) is 18.8 Å². The van der Waals surface area contributed by atoms with Gasteiger partial charge in [-0.1, -0.05) is 12.1 Å². The van der Waals surface area contributed by atoms with E-state index in [1.165, 1.54) is 5.56 Å². The molecule has 1 aliphatic rings. The molecule has 1 atom stereocenters.